The number of nitrogens with one attached hydrogen (secondary N) is 1. The molecule has 0 unspecified atom stereocenters. The number of rotatable bonds is 3. The molecule has 2 aromatic carbocycles. The van der Waals surface area contributed by atoms with E-state index in [1.165, 1.54) is 0 Å². The second kappa shape index (κ2) is 6.72. The van der Waals surface area contributed by atoms with Crippen LogP contribution in [0.25, 0.3) is 22.7 Å². The van der Waals surface area contributed by atoms with Gasteiger partial charge in [-0.2, -0.15) is 4.98 Å². The van der Waals surface area contributed by atoms with Gasteiger partial charge in [-0.15, -0.1) is 0 Å². The van der Waals surface area contributed by atoms with Gasteiger partial charge in [0.05, 0.1) is 5.56 Å². The number of pyridine rings is 1. The number of fused-ring (bicyclic) bond motifs is 1. The van der Waals surface area contributed by atoms with Crippen molar-refractivity contribution in [1.82, 2.24) is 9.97 Å². The van der Waals surface area contributed by atoms with Gasteiger partial charge in [0.1, 0.15) is 0 Å². The Kier molecular flexibility index (Phi) is 4.26. The second-order valence-electron chi connectivity index (χ2n) is 5.76. The predicted octanol–water partition coefficient (Wildman–Crippen LogP) is 5.21. The van der Waals surface area contributed by atoms with Crippen LogP contribution in [0.15, 0.2) is 69.7 Å². The van der Waals surface area contributed by atoms with Crippen molar-refractivity contribution in [1.29, 1.82) is 0 Å². The zero-order valence-corrected chi connectivity index (χ0v) is 15.4. The molecule has 0 atom stereocenters. The first-order chi connectivity index (χ1) is 12.6. The minimum atomic E-state index is -0.183. The monoisotopic (exact) mass is 407 g/mol. The summed E-state index contributed by atoms with van der Waals surface area (Å²) in [6.07, 6.45) is 1.68. The van der Waals surface area contributed by atoms with Gasteiger partial charge in [0, 0.05) is 21.9 Å². The Bertz CT molecular complexity index is 1090. The van der Waals surface area contributed by atoms with Crippen molar-refractivity contribution in [2.75, 3.05) is 5.32 Å². The summed E-state index contributed by atoms with van der Waals surface area (Å²) in [6.45, 7) is 1.92. The summed E-state index contributed by atoms with van der Waals surface area (Å²) in [7, 11) is 0. The molecule has 0 spiro atoms. The quantitative estimate of drug-likeness (QED) is 0.505. The Hall–Kier alpha value is -2.99. The van der Waals surface area contributed by atoms with Gasteiger partial charge in [-0.1, -0.05) is 18.2 Å². The van der Waals surface area contributed by atoms with E-state index in [1.807, 2.05) is 49.4 Å². The van der Waals surface area contributed by atoms with Crippen LogP contribution in [0, 0.1) is 6.92 Å². The fourth-order valence-corrected chi connectivity index (χ4v) is 3.19. The normalized spacial score (nSPS) is 10.8. The van der Waals surface area contributed by atoms with Gasteiger partial charge in [-0.3, -0.25) is 4.79 Å². The van der Waals surface area contributed by atoms with Gasteiger partial charge in [-0.05, 0) is 64.8 Å². The molecule has 0 saturated heterocycles. The van der Waals surface area contributed by atoms with E-state index in [9.17, 15) is 4.79 Å². The van der Waals surface area contributed by atoms with Crippen molar-refractivity contribution in [3.8, 4) is 11.5 Å². The molecule has 0 aliphatic heterocycles. The fourth-order valence-electron chi connectivity index (χ4n) is 2.72. The van der Waals surface area contributed by atoms with E-state index in [-0.39, 0.29) is 5.91 Å². The molecule has 1 N–H and O–H groups in total. The summed E-state index contributed by atoms with van der Waals surface area (Å²) in [5, 5.41) is 2.96. The number of amides is 1. The summed E-state index contributed by atoms with van der Waals surface area (Å²) in [5.41, 5.74) is 4.16. The number of carbonyl (C=O) groups is 1. The van der Waals surface area contributed by atoms with Crippen LogP contribution in [-0.2, 0) is 0 Å². The number of carbonyl (C=O) groups excluding carboxylic acids is 1. The Labute approximate surface area is 158 Å². The van der Waals surface area contributed by atoms with E-state index in [0.717, 1.165) is 15.6 Å². The molecule has 4 aromatic rings. The highest BCUT2D eigenvalue weighted by Gasteiger charge is 2.15. The average molecular weight is 408 g/mol. The average Bonchev–Trinajstić information content (AvgIpc) is 3.07. The van der Waals surface area contributed by atoms with Crippen molar-refractivity contribution in [2.24, 2.45) is 0 Å². The molecule has 128 valence electrons. The molecular formula is C20H14BrN3O2. The number of hydrogen-bond donors (Lipinski definition) is 1. The third-order valence-corrected chi connectivity index (χ3v) is 4.79. The van der Waals surface area contributed by atoms with Crippen LogP contribution in [0.2, 0.25) is 0 Å². The molecule has 0 fully saturated rings. The summed E-state index contributed by atoms with van der Waals surface area (Å²) in [5.74, 6) is 0.296. The number of nitrogens with zero attached hydrogens (tertiary/aromatic N) is 2. The number of anilines is 1. The minimum absolute atomic E-state index is 0.183. The molecule has 0 radical (unpaired) electrons. The summed E-state index contributed by atoms with van der Waals surface area (Å²) >= 11 is 3.41. The summed E-state index contributed by atoms with van der Waals surface area (Å²) in [6, 6.07) is 16.6. The highest BCUT2D eigenvalue weighted by Crippen LogP contribution is 2.30. The lowest BCUT2D eigenvalue weighted by atomic mass is 10.1. The molecule has 26 heavy (non-hydrogen) atoms. The third-order valence-electron chi connectivity index (χ3n) is 4.10. The van der Waals surface area contributed by atoms with Crippen LogP contribution < -0.4 is 5.32 Å². The molecule has 0 aliphatic carbocycles. The van der Waals surface area contributed by atoms with Crippen LogP contribution in [0.3, 0.4) is 0 Å². The van der Waals surface area contributed by atoms with Crippen LogP contribution in [-0.4, -0.2) is 15.9 Å². The van der Waals surface area contributed by atoms with Crippen molar-refractivity contribution < 1.29 is 9.21 Å². The van der Waals surface area contributed by atoms with E-state index < -0.39 is 0 Å². The lowest BCUT2D eigenvalue weighted by molar-refractivity contribution is 0.102. The van der Waals surface area contributed by atoms with Gasteiger partial charge in [0.25, 0.3) is 5.91 Å². The van der Waals surface area contributed by atoms with E-state index >= 15 is 0 Å². The van der Waals surface area contributed by atoms with Crippen LogP contribution in [0.4, 0.5) is 5.69 Å². The fraction of sp³-hybridized carbons (Fsp3) is 0.0500. The maximum Gasteiger partial charge on any atom is 0.256 e. The molecule has 6 heteroatoms. The standard InChI is InChI=1S/C20H14BrN3O2/c1-12-13(20-24-18-17(26-20)10-5-11-22-18)7-4-9-16(12)23-19(25)14-6-2-3-8-15(14)21/h2-11H,1H3,(H,23,25). The Morgan fingerprint density at radius 2 is 1.92 bits per heavy atom. The first-order valence-corrected chi connectivity index (χ1v) is 8.80. The maximum absolute atomic E-state index is 12.6. The van der Waals surface area contributed by atoms with Gasteiger partial charge in [0.15, 0.2) is 11.2 Å². The molecule has 2 heterocycles. The lowest BCUT2D eigenvalue weighted by Gasteiger charge is -2.11. The zero-order valence-electron chi connectivity index (χ0n) is 13.9. The predicted molar refractivity (Wildman–Crippen MR) is 104 cm³/mol. The van der Waals surface area contributed by atoms with E-state index in [0.29, 0.717) is 28.4 Å². The maximum atomic E-state index is 12.6. The Morgan fingerprint density at radius 1 is 1.08 bits per heavy atom. The number of oxazole rings is 1. The molecule has 1 amide bonds. The minimum Gasteiger partial charge on any atom is -0.434 e. The van der Waals surface area contributed by atoms with Crippen molar-refractivity contribution in [3.05, 3.63) is 76.4 Å². The van der Waals surface area contributed by atoms with Gasteiger partial charge in [-0.25, -0.2) is 4.98 Å². The number of aromatic nitrogens is 2. The zero-order chi connectivity index (χ0) is 18.1. The molecule has 2 aromatic heterocycles. The van der Waals surface area contributed by atoms with Gasteiger partial charge >= 0.3 is 0 Å². The Balaban J connectivity index is 1.70. The van der Waals surface area contributed by atoms with Crippen molar-refractivity contribution in [2.45, 2.75) is 6.92 Å². The van der Waals surface area contributed by atoms with Crippen LogP contribution in [0.5, 0.6) is 0 Å². The number of hydrogen-bond acceptors (Lipinski definition) is 4. The Morgan fingerprint density at radius 3 is 2.73 bits per heavy atom. The SMILES string of the molecule is Cc1c(NC(=O)c2ccccc2Br)cccc1-c1nc2ncccc2o1. The summed E-state index contributed by atoms with van der Waals surface area (Å²) in [4.78, 5) is 21.2. The smallest absolute Gasteiger partial charge is 0.256 e. The molecule has 0 bridgehead atoms. The first-order valence-electron chi connectivity index (χ1n) is 8.01. The van der Waals surface area contributed by atoms with E-state index in [4.69, 9.17) is 4.42 Å². The van der Waals surface area contributed by atoms with E-state index in [1.54, 1.807) is 18.3 Å². The van der Waals surface area contributed by atoms with E-state index in [2.05, 4.69) is 31.2 Å². The highest BCUT2D eigenvalue weighted by atomic mass is 79.9. The largest absolute Gasteiger partial charge is 0.434 e. The first kappa shape index (κ1) is 16.5. The topological polar surface area (TPSA) is 68.0 Å². The van der Waals surface area contributed by atoms with Crippen LogP contribution >= 0.6 is 15.9 Å². The number of halogens is 1. The van der Waals surface area contributed by atoms with Crippen molar-refractivity contribution >= 4 is 38.8 Å². The molecular weight excluding hydrogens is 394 g/mol. The highest BCUT2D eigenvalue weighted by molar-refractivity contribution is 9.10. The third kappa shape index (κ3) is 2.99. The van der Waals surface area contributed by atoms with Crippen molar-refractivity contribution in [3.63, 3.8) is 0 Å². The van der Waals surface area contributed by atoms with Gasteiger partial charge in [0.2, 0.25) is 5.89 Å². The molecule has 4 rings (SSSR count). The molecule has 5 nitrogen and oxygen atoms in total. The van der Waals surface area contributed by atoms with Crippen LogP contribution in [0.1, 0.15) is 15.9 Å². The second-order valence-corrected chi connectivity index (χ2v) is 6.61. The number of benzene rings is 2. The summed E-state index contributed by atoms with van der Waals surface area (Å²) < 4.78 is 6.55. The lowest BCUT2D eigenvalue weighted by Crippen LogP contribution is -2.13. The van der Waals surface area contributed by atoms with Gasteiger partial charge < -0.3 is 9.73 Å². The molecule has 0 saturated carbocycles. The molecule has 0 aliphatic rings.